The van der Waals surface area contributed by atoms with Crippen LogP contribution >= 0.6 is 0 Å². The number of hydrogen-bond acceptors (Lipinski definition) is 11. The van der Waals surface area contributed by atoms with Crippen molar-refractivity contribution in [2.45, 2.75) is 65.0 Å². The van der Waals surface area contributed by atoms with E-state index >= 15 is 0 Å². The van der Waals surface area contributed by atoms with E-state index in [1.165, 1.54) is 35.2 Å². The molecule has 3 N–H and O–H groups in total. The molecule has 5 aliphatic heterocycles. The van der Waals surface area contributed by atoms with Gasteiger partial charge in [0.05, 0.1) is 29.8 Å². The molecule has 0 aliphatic carbocycles. The van der Waals surface area contributed by atoms with Crippen LogP contribution in [-0.2, 0) is 17.8 Å². The van der Waals surface area contributed by atoms with Crippen molar-refractivity contribution in [2.24, 2.45) is 5.92 Å². The molecule has 3 fully saturated rings. The summed E-state index contributed by atoms with van der Waals surface area (Å²) in [6, 6.07) is 8.58. The number of rotatable bonds is 8. The van der Waals surface area contributed by atoms with Gasteiger partial charge in [0.25, 0.3) is 0 Å². The van der Waals surface area contributed by atoms with Crippen molar-refractivity contribution in [1.82, 2.24) is 30.0 Å². The lowest BCUT2D eigenvalue weighted by Crippen LogP contribution is -2.49. The van der Waals surface area contributed by atoms with E-state index in [1.54, 1.807) is 4.90 Å². The van der Waals surface area contributed by atoms with Crippen LogP contribution in [0.15, 0.2) is 49.1 Å². The number of amides is 3. The number of piperidine rings is 2. The lowest BCUT2D eigenvalue weighted by Gasteiger charge is -2.38. The maximum Gasteiger partial charge on any atom is 0.328 e. The molecule has 8 heterocycles. The van der Waals surface area contributed by atoms with Crippen LogP contribution in [0, 0.1) is 19.8 Å². The lowest BCUT2D eigenvalue weighted by molar-refractivity contribution is -0.120. The molecule has 0 saturated carbocycles. The first kappa shape index (κ1) is 35.3. The monoisotopic (exact) mass is 745 g/mol. The third-order valence-electron chi connectivity index (χ3n) is 12.2. The van der Waals surface area contributed by atoms with Gasteiger partial charge in [-0.25, -0.2) is 14.8 Å². The smallest absolute Gasteiger partial charge is 0.328 e. The summed E-state index contributed by atoms with van der Waals surface area (Å²) in [5, 5.41) is 14.2. The number of benzene rings is 1. The number of ether oxygens (including phenoxy) is 1. The van der Waals surface area contributed by atoms with E-state index in [0.717, 1.165) is 106 Å². The van der Waals surface area contributed by atoms with Gasteiger partial charge in [-0.2, -0.15) is 5.10 Å². The summed E-state index contributed by atoms with van der Waals surface area (Å²) in [7, 11) is 0. The second kappa shape index (κ2) is 15.0. The minimum Gasteiger partial charge on any atom is -0.474 e. The zero-order valence-corrected chi connectivity index (χ0v) is 31.9. The Morgan fingerprint density at radius 2 is 1.73 bits per heavy atom. The van der Waals surface area contributed by atoms with Crippen molar-refractivity contribution in [1.29, 1.82) is 0 Å². The van der Waals surface area contributed by atoms with E-state index in [2.05, 4.69) is 71.6 Å². The molecule has 1 aromatic carbocycles. The number of hydrogen-bond donors (Lipinski definition) is 3. The van der Waals surface area contributed by atoms with Crippen LogP contribution in [0.4, 0.5) is 39.0 Å². The molecule has 9 rings (SSSR count). The Hall–Kier alpha value is -5.37. The molecule has 4 aromatic rings. The minimum absolute atomic E-state index is 0.208. The van der Waals surface area contributed by atoms with Crippen LogP contribution in [0.3, 0.4) is 0 Å². The highest BCUT2D eigenvalue weighted by Crippen LogP contribution is 2.37. The number of fused-ring (bicyclic) bond motifs is 2. The minimum atomic E-state index is -0.334. The van der Waals surface area contributed by atoms with E-state index in [4.69, 9.17) is 14.8 Å². The van der Waals surface area contributed by atoms with Gasteiger partial charge in [0, 0.05) is 94.7 Å². The topological polar surface area (TPSA) is 136 Å². The van der Waals surface area contributed by atoms with Gasteiger partial charge >= 0.3 is 6.03 Å². The van der Waals surface area contributed by atoms with Crippen LogP contribution in [-0.4, -0.2) is 95.6 Å². The fourth-order valence-corrected chi connectivity index (χ4v) is 9.03. The maximum absolute atomic E-state index is 12.4. The van der Waals surface area contributed by atoms with Crippen LogP contribution in [0.25, 0.3) is 0 Å². The highest BCUT2D eigenvalue weighted by Gasteiger charge is 2.29. The zero-order valence-electron chi connectivity index (χ0n) is 31.9. The predicted octanol–water partition coefficient (Wildman–Crippen LogP) is 5.40. The van der Waals surface area contributed by atoms with E-state index in [-0.39, 0.29) is 11.9 Å². The SMILES string of the molecule is Cc1cc(N2CCC(CN3CCC(n4cc(Nc5cc6c(cn5)CCN(c5cnc7c(c5C)NCCO7)C6)cn4)CC3)CC2)ccc1N1CCC(=O)NC1=O. The molecule has 14 heteroatoms. The molecule has 55 heavy (non-hydrogen) atoms. The summed E-state index contributed by atoms with van der Waals surface area (Å²) >= 11 is 0. The molecule has 0 unspecified atom stereocenters. The quantitative estimate of drug-likeness (QED) is 0.214. The summed E-state index contributed by atoms with van der Waals surface area (Å²) in [5.41, 5.74) is 10.0. The van der Waals surface area contributed by atoms with E-state index in [0.29, 0.717) is 37.4 Å². The second-order valence-corrected chi connectivity index (χ2v) is 15.8. The predicted molar refractivity (Wildman–Crippen MR) is 214 cm³/mol. The Morgan fingerprint density at radius 1 is 0.873 bits per heavy atom. The Kier molecular flexibility index (Phi) is 9.67. The van der Waals surface area contributed by atoms with E-state index in [9.17, 15) is 9.59 Å². The highest BCUT2D eigenvalue weighted by atomic mass is 16.5. The van der Waals surface area contributed by atoms with Gasteiger partial charge in [-0.3, -0.25) is 19.7 Å². The van der Waals surface area contributed by atoms with Gasteiger partial charge in [-0.1, -0.05) is 0 Å². The van der Waals surface area contributed by atoms with Crippen LogP contribution in [0.5, 0.6) is 5.88 Å². The number of likely N-dealkylation sites (tertiary alicyclic amines) is 1. The Morgan fingerprint density at radius 3 is 2.55 bits per heavy atom. The summed E-state index contributed by atoms with van der Waals surface area (Å²) in [6.07, 6.45) is 13.9. The molecule has 0 atom stereocenters. The number of carbonyl (C=O) groups is 2. The van der Waals surface area contributed by atoms with Crippen LogP contribution in [0.2, 0.25) is 0 Å². The molecule has 14 nitrogen and oxygen atoms in total. The second-order valence-electron chi connectivity index (χ2n) is 15.8. The number of aryl methyl sites for hydroxylation is 1. The fourth-order valence-electron chi connectivity index (χ4n) is 9.03. The number of imide groups is 1. The van der Waals surface area contributed by atoms with Crippen molar-refractivity contribution < 1.29 is 14.3 Å². The van der Waals surface area contributed by atoms with Crippen molar-refractivity contribution in [3.8, 4) is 5.88 Å². The van der Waals surface area contributed by atoms with Gasteiger partial charge in [0.1, 0.15) is 18.1 Å². The van der Waals surface area contributed by atoms with Gasteiger partial charge in [0.2, 0.25) is 11.8 Å². The lowest BCUT2D eigenvalue weighted by atomic mass is 9.94. The Labute approximate surface area is 322 Å². The average molecular weight is 746 g/mol. The Balaban J connectivity index is 0.743. The molecule has 0 radical (unpaired) electrons. The number of nitrogens with one attached hydrogen (secondary N) is 3. The molecule has 3 amide bonds. The molecule has 288 valence electrons. The summed E-state index contributed by atoms with van der Waals surface area (Å²) < 4.78 is 7.90. The first-order valence-corrected chi connectivity index (χ1v) is 19.9. The average Bonchev–Trinajstić information content (AvgIpc) is 3.67. The summed E-state index contributed by atoms with van der Waals surface area (Å²) in [5.74, 6) is 2.03. The number of urea groups is 1. The van der Waals surface area contributed by atoms with Crippen molar-refractivity contribution in [2.75, 3.05) is 84.3 Å². The number of aromatic nitrogens is 4. The summed E-state index contributed by atoms with van der Waals surface area (Å²) in [4.78, 5) is 42.5. The molecule has 3 saturated heterocycles. The maximum atomic E-state index is 12.4. The van der Waals surface area contributed by atoms with E-state index in [1.807, 2.05) is 31.6 Å². The third kappa shape index (κ3) is 7.39. The molecule has 0 bridgehead atoms. The van der Waals surface area contributed by atoms with Crippen molar-refractivity contribution >= 4 is 46.2 Å². The number of pyridine rings is 2. The molecule has 3 aromatic heterocycles. The fraction of sp³-hybridized carbons (Fsp3) is 0.488. The summed E-state index contributed by atoms with van der Waals surface area (Å²) in [6.45, 7) is 13.2. The highest BCUT2D eigenvalue weighted by molar-refractivity contribution is 6.06. The first-order chi connectivity index (χ1) is 26.8. The van der Waals surface area contributed by atoms with Gasteiger partial charge in [0.15, 0.2) is 0 Å². The number of nitrogens with zero attached hydrogens (tertiary/aromatic N) is 8. The van der Waals surface area contributed by atoms with Crippen LogP contribution < -0.4 is 35.4 Å². The first-order valence-electron chi connectivity index (χ1n) is 19.9. The van der Waals surface area contributed by atoms with Gasteiger partial charge in [-0.15, -0.1) is 0 Å². The molecular formula is C41H51N11O3. The number of carbonyl (C=O) groups excluding carboxylic acids is 2. The Bertz CT molecular complexity index is 2070. The molecule has 5 aliphatic rings. The van der Waals surface area contributed by atoms with Crippen molar-refractivity contribution in [3.63, 3.8) is 0 Å². The normalized spacial score (nSPS) is 19.7. The molecule has 0 spiro atoms. The standard InChI is InChI=1S/C41H51N11O3/c1-27-19-34(3-4-35(27)51-17-10-38(53)47-41(51)54)49-14-5-29(6-15-49)24-48-12-8-33(9-13-48)52-26-32(22-45-52)46-37-20-31-25-50(16-7-30(31)21-43-37)36-23-44-40-39(28(36)2)42-11-18-55-40/h3-4,19-23,26,29,33,42H,5-18,24-25H2,1-2H3,(H,43,46)(H,47,53,54). The van der Waals surface area contributed by atoms with E-state index < -0.39 is 0 Å². The van der Waals surface area contributed by atoms with Gasteiger partial charge < -0.3 is 30.1 Å². The molecular weight excluding hydrogens is 695 g/mol. The van der Waals surface area contributed by atoms with Crippen LogP contribution in [0.1, 0.15) is 60.4 Å². The van der Waals surface area contributed by atoms with Gasteiger partial charge in [-0.05, 0) is 92.8 Å². The largest absolute Gasteiger partial charge is 0.474 e. The third-order valence-corrected chi connectivity index (χ3v) is 12.2. The zero-order chi connectivity index (χ0) is 37.5. The number of anilines is 6. The van der Waals surface area contributed by atoms with Crippen molar-refractivity contribution in [3.05, 3.63) is 71.3 Å².